The summed E-state index contributed by atoms with van der Waals surface area (Å²) in [6.07, 6.45) is 0. The SMILES string of the molecule is NC(=O)C1CNCCN1C(=O)c1cc(Cl)cc([N+](=O)[O-])c1. The van der Waals surface area contributed by atoms with Gasteiger partial charge in [-0.15, -0.1) is 0 Å². The molecule has 2 amide bonds. The van der Waals surface area contributed by atoms with E-state index in [9.17, 15) is 19.7 Å². The minimum absolute atomic E-state index is 0.0577. The third-order valence-corrected chi connectivity index (χ3v) is 3.39. The molecule has 9 heteroatoms. The zero-order chi connectivity index (χ0) is 15.6. The van der Waals surface area contributed by atoms with E-state index in [1.165, 1.54) is 11.0 Å². The minimum atomic E-state index is -0.788. The van der Waals surface area contributed by atoms with Gasteiger partial charge < -0.3 is 16.0 Å². The molecule has 1 aliphatic heterocycles. The van der Waals surface area contributed by atoms with Gasteiger partial charge in [0.15, 0.2) is 0 Å². The third-order valence-electron chi connectivity index (χ3n) is 3.17. The van der Waals surface area contributed by atoms with Crippen LogP contribution in [0.15, 0.2) is 18.2 Å². The van der Waals surface area contributed by atoms with Crippen LogP contribution in [0.3, 0.4) is 0 Å². The average molecular weight is 313 g/mol. The number of amides is 2. The molecular formula is C12H13ClN4O4. The molecule has 1 unspecified atom stereocenters. The summed E-state index contributed by atoms with van der Waals surface area (Å²) in [7, 11) is 0. The van der Waals surface area contributed by atoms with Crippen molar-refractivity contribution in [1.29, 1.82) is 0 Å². The highest BCUT2D eigenvalue weighted by Gasteiger charge is 2.31. The van der Waals surface area contributed by atoms with Gasteiger partial charge in [-0.2, -0.15) is 0 Å². The number of piperazine rings is 1. The van der Waals surface area contributed by atoms with E-state index in [0.29, 0.717) is 6.54 Å². The first kappa shape index (κ1) is 15.2. The van der Waals surface area contributed by atoms with Crippen LogP contribution in [0, 0.1) is 10.1 Å². The summed E-state index contributed by atoms with van der Waals surface area (Å²) in [5.41, 5.74) is 5.05. The Morgan fingerprint density at radius 1 is 1.43 bits per heavy atom. The van der Waals surface area contributed by atoms with Gasteiger partial charge in [-0.25, -0.2) is 0 Å². The Morgan fingerprint density at radius 3 is 2.76 bits per heavy atom. The third kappa shape index (κ3) is 3.29. The molecule has 8 nitrogen and oxygen atoms in total. The second kappa shape index (κ2) is 6.06. The van der Waals surface area contributed by atoms with Gasteiger partial charge in [0.1, 0.15) is 6.04 Å². The fourth-order valence-electron chi connectivity index (χ4n) is 2.17. The maximum Gasteiger partial charge on any atom is 0.271 e. The highest BCUT2D eigenvalue weighted by molar-refractivity contribution is 6.31. The van der Waals surface area contributed by atoms with E-state index in [0.717, 1.165) is 12.1 Å². The summed E-state index contributed by atoms with van der Waals surface area (Å²) in [5, 5.41) is 13.9. The lowest BCUT2D eigenvalue weighted by Crippen LogP contribution is -2.58. The average Bonchev–Trinajstić information content (AvgIpc) is 2.45. The second-order valence-corrected chi connectivity index (χ2v) is 5.01. The minimum Gasteiger partial charge on any atom is -0.368 e. The Morgan fingerprint density at radius 2 is 2.14 bits per heavy atom. The Hall–Kier alpha value is -2.19. The molecule has 1 heterocycles. The molecule has 1 fully saturated rings. The molecular weight excluding hydrogens is 300 g/mol. The lowest BCUT2D eigenvalue weighted by molar-refractivity contribution is -0.384. The van der Waals surface area contributed by atoms with Crippen LogP contribution in [0.4, 0.5) is 5.69 Å². The second-order valence-electron chi connectivity index (χ2n) is 4.58. The van der Waals surface area contributed by atoms with Gasteiger partial charge >= 0.3 is 0 Å². The Bertz CT molecular complexity index is 607. The number of nitro groups is 1. The molecule has 0 aromatic heterocycles. The summed E-state index contributed by atoms with van der Waals surface area (Å²) < 4.78 is 0. The van der Waals surface area contributed by atoms with Crippen molar-refractivity contribution in [3.8, 4) is 0 Å². The number of halogens is 1. The Balaban J connectivity index is 2.34. The number of carbonyl (C=O) groups is 2. The fourth-order valence-corrected chi connectivity index (χ4v) is 2.40. The van der Waals surface area contributed by atoms with Gasteiger partial charge in [0.2, 0.25) is 5.91 Å². The standard InChI is InChI=1S/C12H13ClN4O4/c13-8-3-7(4-9(5-8)17(20)21)12(19)16-2-1-15-6-10(16)11(14)18/h3-5,10,15H,1-2,6H2,(H2,14,18). The van der Waals surface area contributed by atoms with Gasteiger partial charge in [-0.3, -0.25) is 19.7 Å². The summed E-state index contributed by atoms with van der Waals surface area (Å²) in [6.45, 7) is 1.05. The van der Waals surface area contributed by atoms with E-state index in [2.05, 4.69) is 5.32 Å². The van der Waals surface area contributed by atoms with Crippen molar-refractivity contribution in [2.75, 3.05) is 19.6 Å². The number of nitrogens with one attached hydrogen (secondary N) is 1. The number of benzene rings is 1. The topological polar surface area (TPSA) is 119 Å². The summed E-state index contributed by atoms with van der Waals surface area (Å²) in [6, 6.07) is 2.83. The van der Waals surface area contributed by atoms with Crippen molar-refractivity contribution < 1.29 is 14.5 Å². The molecule has 0 spiro atoms. The zero-order valence-electron chi connectivity index (χ0n) is 10.9. The molecule has 3 N–H and O–H groups in total. The maximum absolute atomic E-state index is 12.5. The van der Waals surface area contributed by atoms with Crippen LogP contribution >= 0.6 is 11.6 Å². The molecule has 0 bridgehead atoms. The van der Waals surface area contributed by atoms with E-state index in [1.54, 1.807) is 0 Å². The van der Waals surface area contributed by atoms with E-state index >= 15 is 0 Å². The van der Waals surface area contributed by atoms with Crippen LogP contribution in [0.2, 0.25) is 5.02 Å². The number of nitro benzene ring substituents is 1. The maximum atomic E-state index is 12.5. The van der Waals surface area contributed by atoms with Crippen LogP contribution in [0.5, 0.6) is 0 Å². The number of hydrogen-bond acceptors (Lipinski definition) is 5. The predicted molar refractivity (Wildman–Crippen MR) is 75.0 cm³/mol. The smallest absolute Gasteiger partial charge is 0.271 e. The number of primary amides is 1. The van der Waals surface area contributed by atoms with Gasteiger partial charge in [0.25, 0.3) is 11.6 Å². The monoisotopic (exact) mass is 312 g/mol. The molecule has 112 valence electrons. The van der Waals surface area contributed by atoms with Gasteiger partial charge in [-0.1, -0.05) is 11.6 Å². The lowest BCUT2D eigenvalue weighted by Gasteiger charge is -2.34. The van der Waals surface area contributed by atoms with Crippen LogP contribution in [0.25, 0.3) is 0 Å². The summed E-state index contributed by atoms with van der Waals surface area (Å²) in [5.74, 6) is -1.14. The first-order valence-corrected chi connectivity index (χ1v) is 6.54. The van der Waals surface area contributed by atoms with Crippen molar-refractivity contribution in [3.05, 3.63) is 38.9 Å². The number of nitrogens with two attached hydrogens (primary N) is 1. The normalized spacial score (nSPS) is 18.3. The Labute approximate surface area is 125 Å². The van der Waals surface area contributed by atoms with E-state index in [-0.39, 0.29) is 29.4 Å². The molecule has 0 aliphatic carbocycles. The largest absolute Gasteiger partial charge is 0.368 e. The molecule has 0 radical (unpaired) electrons. The first-order valence-electron chi connectivity index (χ1n) is 6.16. The van der Waals surface area contributed by atoms with E-state index in [1.807, 2.05) is 0 Å². The number of hydrogen-bond donors (Lipinski definition) is 2. The number of non-ortho nitro benzene ring substituents is 1. The molecule has 1 aromatic rings. The van der Waals surface area contributed by atoms with Gasteiger partial charge in [-0.05, 0) is 6.07 Å². The molecule has 0 saturated carbocycles. The zero-order valence-corrected chi connectivity index (χ0v) is 11.7. The van der Waals surface area contributed by atoms with Crippen molar-refractivity contribution in [3.63, 3.8) is 0 Å². The molecule has 1 saturated heterocycles. The van der Waals surface area contributed by atoms with E-state index in [4.69, 9.17) is 17.3 Å². The molecule has 2 rings (SSSR count). The van der Waals surface area contributed by atoms with Crippen molar-refractivity contribution in [2.24, 2.45) is 5.73 Å². The highest BCUT2D eigenvalue weighted by Crippen LogP contribution is 2.22. The predicted octanol–water partition coefficient (Wildman–Crippen LogP) is 0.148. The molecule has 1 aromatic carbocycles. The molecule has 1 aliphatic rings. The van der Waals surface area contributed by atoms with Crippen LogP contribution < -0.4 is 11.1 Å². The summed E-state index contributed by atoms with van der Waals surface area (Å²) in [4.78, 5) is 35.3. The molecule has 1 atom stereocenters. The highest BCUT2D eigenvalue weighted by atomic mass is 35.5. The molecule has 21 heavy (non-hydrogen) atoms. The lowest BCUT2D eigenvalue weighted by atomic mass is 10.1. The van der Waals surface area contributed by atoms with Crippen LogP contribution in [0.1, 0.15) is 10.4 Å². The number of nitrogens with zero attached hydrogens (tertiary/aromatic N) is 2. The van der Waals surface area contributed by atoms with Crippen LogP contribution in [-0.2, 0) is 4.79 Å². The number of carbonyl (C=O) groups excluding carboxylic acids is 2. The Kier molecular flexibility index (Phi) is 4.39. The van der Waals surface area contributed by atoms with Crippen molar-refractivity contribution in [1.82, 2.24) is 10.2 Å². The quantitative estimate of drug-likeness (QED) is 0.608. The van der Waals surface area contributed by atoms with Crippen LogP contribution in [-0.4, -0.2) is 47.3 Å². The van der Waals surface area contributed by atoms with Gasteiger partial charge in [0.05, 0.1) is 4.92 Å². The van der Waals surface area contributed by atoms with Crippen molar-refractivity contribution in [2.45, 2.75) is 6.04 Å². The summed E-state index contributed by atoms with van der Waals surface area (Å²) >= 11 is 5.80. The number of rotatable bonds is 3. The van der Waals surface area contributed by atoms with E-state index < -0.39 is 22.8 Å². The first-order chi connectivity index (χ1) is 9.90. The van der Waals surface area contributed by atoms with Gasteiger partial charge in [0, 0.05) is 42.4 Å². The fraction of sp³-hybridized carbons (Fsp3) is 0.333. The van der Waals surface area contributed by atoms with Crippen molar-refractivity contribution >= 4 is 29.1 Å².